The van der Waals surface area contributed by atoms with Crippen molar-refractivity contribution in [1.29, 1.82) is 0 Å². The zero-order valence-corrected chi connectivity index (χ0v) is 14.3. The summed E-state index contributed by atoms with van der Waals surface area (Å²) in [5.41, 5.74) is -0.735. The molecule has 0 spiro atoms. The highest BCUT2D eigenvalue weighted by Crippen LogP contribution is 2.05. The quantitative estimate of drug-likeness (QED) is 0.727. The number of rotatable bonds is 8. The molecule has 2 N–H and O–H groups in total. The second kappa shape index (κ2) is 8.47. The molecule has 0 saturated carbocycles. The van der Waals surface area contributed by atoms with Crippen molar-refractivity contribution in [3.63, 3.8) is 0 Å². The lowest BCUT2D eigenvalue weighted by Crippen LogP contribution is -2.39. The van der Waals surface area contributed by atoms with Gasteiger partial charge in [-0.2, -0.15) is 0 Å². The molecule has 1 unspecified atom stereocenters. The Morgan fingerprint density at radius 2 is 1.88 bits per heavy atom. The van der Waals surface area contributed by atoms with Crippen LogP contribution in [-0.2, 0) is 11.3 Å². The second-order valence-electron chi connectivity index (χ2n) is 6.20. The third-order valence-corrected chi connectivity index (χ3v) is 4.08. The number of nitrogens with zero attached hydrogens (tertiary/aromatic N) is 1. The van der Waals surface area contributed by atoms with E-state index < -0.39 is 0 Å². The predicted molar refractivity (Wildman–Crippen MR) is 95.2 cm³/mol. The lowest BCUT2D eigenvalue weighted by molar-refractivity contribution is -0.122. The maximum absolute atomic E-state index is 12.4. The maximum Gasteiger partial charge on any atom is 0.273 e. The first-order chi connectivity index (χ1) is 11.5. The van der Waals surface area contributed by atoms with Gasteiger partial charge in [-0.1, -0.05) is 44.7 Å². The van der Waals surface area contributed by atoms with Gasteiger partial charge in [0.05, 0.1) is 10.8 Å². The fourth-order valence-corrected chi connectivity index (χ4v) is 2.77. The fraction of sp³-hybridized carbons (Fsp3) is 0.500. The smallest absolute Gasteiger partial charge is 0.273 e. The molecule has 1 amide bonds. The summed E-state index contributed by atoms with van der Waals surface area (Å²) < 4.78 is 1.07. The second-order valence-corrected chi connectivity index (χ2v) is 6.20. The highest BCUT2D eigenvalue weighted by molar-refractivity contribution is 5.81. The minimum absolute atomic E-state index is 0.0530. The van der Waals surface area contributed by atoms with E-state index in [0.29, 0.717) is 10.8 Å². The number of aromatic nitrogens is 2. The van der Waals surface area contributed by atoms with Crippen molar-refractivity contribution < 1.29 is 4.79 Å². The fourth-order valence-electron chi connectivity index (χ4n) is 2.77. The largest absolute Gasteiger partial charge is 0.352 e. The molecule has 6 nitrogen and oxygen atoms in total. The normalized spacial score (nSPS) is 12.2. The standard InChI is InChI=1S/C18H25N3O3/c1-3-4-5-6-9-13(2)19-16(22)12-21-18(24)15-11-8-7-10-14(15)17(23)20-21/h7-8,10-11,13H,3-6,9,12H2,1-2H3,(H,19,22)(H,20,23). The molecular weight excluding hydrogens is 306 g/mol. The van der Waals surface area contributed by atoms with Crippen LogP contribution in [0.25, 0.3) is 10.8 Å². The molecule has 0 bridgehead atoms. The molecule has 1 atom stereocenters. The predicted octanol–water partition coefficient (Wildman–Crippen LogP) is 2.16. The molecule has 1 aromatic carbocycles. The molecule has 1 aromatic heterocycles. The van der Waals surface area contributed by atoms with E-state index in [0.717, 1.165) is 23.9 Å². The summed E-state index contributed by atoms with van der Waals surface area (Å²) in [6.45, 7) is 3.93. The van der Waals surface area contributed by atoms with Gasteiger partial charge in [0.1, 0.15) is 6.54 Å². The molecule has 0 fully saturated rings. The number of unbranched alkanes of at least 4 members (excludes halogenated alkanes) is 3. The third-order valence-electron chi connectivity index (χ3n) is 4.08. The first-order valence-corrected chi connectivity index (χ1v) is 8.54. The molecule has 6 heteroatoms. The third kappa shape index (κ3) is 4.57. The monoisotopic (exact) mass is 331 g/mol. The summed E-state index contributed by atoms with van der Waals surface area (Å²) in [5, 5.41) is 6.01. The Morgan fingerprint density at radius 1 is 1.17 bits per heavy atom. The number of aromatic amines is 1. The Balaban J connectivity index is 2.02. The van der Waals surface area contributed by atoms with Crippen molar-refractivity contribution >= 4 is 16.7 Å². The van der Waals surface area contributed by atoms with Crippen LogP contribution in [0.3, 0.4) is 0 Å². The molecule has 0 aliphatic heterocycles. The number of benzene rings is 1. The van der Waals surface area contributed by atoms with Gasteiger partial charge in [0, 0.05) is 6.04 Å². The summed E-state index contributed by atoms with van der Waals surface area (Å²) >= 11 is 0. The Hall–Kier alpha value is -2.37. The summed E-state index contributed by atoms with van der Waals surface area (Å²) in [4.78, 5) is 36.5. The van der Waals surface area contributed by atoms with Gasteiger partial charge in [0.2, 0.25) is 5.91 Å². The van der Waals surface area contributed by atoms with Crippen molar-refractivity contribution in [2.75, 3.05) is 0 Å². The summed E-state index contributed by atoms with van der Waals surface area (Å²) in [6.07, 6.45) is 5.53. The molecule has 0 aliphatic carbocycles. The van der Waals surface area contributed by atoms with E-state index in [1.54, 1.807) is 24.3 Å². The van der Waals surface area contributed by atoms with Crippen LogP contribution in [0, 0.1) is 0 Å². The van der Waals surface area contributed by atoms with Crippen LogP contribution < -0.4 is 16.4 Å². The zero-order chi connectivity index (χ0) is 17.5. The number of carbonyl (C=O) groups excluding carboxylic acids is 1. The number of H-pyrrole nitrogens is 1. The first kappa shape index (κ1) is 18.0. The molecule has 0 saturated heterocycles. The van der Waals surface area contributed by atoms with Gasteiger partial charge in [0.15, 0.2) is 0 Å². The van der Waals surface area contributed by atoms with Crippen LogP contribution in [0.5, 0.6) is 0 Å². The number of hydrogen-bond donors (Lipinski definition) is 2. The van der Waals surface area contributed by atoms with Gasteiger partial charge in [0.25, 0.3) is 11.1 Å². The summed E-state index contributed by atoms with van der Waals surface area (Å²) in [7, 11) is 0. The number of hydrogen-bond acceptors (Lipinski definition) is 3. The van der Waals surface area contributed by atoms with E-state index >= 15 is 0 Å². The Morgan fingerprint density at radius 3 is 2.58 bits per heavy atom. The lowest BCUT2D eigenvalue weighted by atomic mass is 10.1. The van der Waals surface area contributed by atoms with Gasteiger partial charge in [-0.25, -0.2) is 4.68 Å². The number of carbonyl (C=O) groups is 1. The molecule has 2 aromatic rings. The number of fused-ring (bicyclic) bond motifs is 1. The number of nitrogens with one attached hydrogen (secondary N) is 2. The average molecular weight is 331 g/mol. The van der Waals surface area contributed by atoms with E-state index in [2.05, 4.69) is 17.3 Å². The Bertz CT molecular complexity index is 807. The summed E-state index contributed by atoms with van der Waals surface area (Å²) in [5.74, 6) is -0.272. The van der Waals surface area contributed by atoms with Crippen molar-refractivity contribution in [3.05, 3.63) is 45.0 Å². The van der Waals surface area contributed by atoms with Gasteiger partial charge in [-0.3, -0.25) is 19.5 Å². The maximum atomic E-state index is 12.4. The highest BCUT2D eigenvalue weighted by Gasteiger charge is 2.12. The van der Waals surface area contributed by atoms with Crippen molar-refractivity contribution in [2.45, 2.75) is 58.5 Å². The lowest BCUT2D eigenvalue weighted by Gasteiger charge is -2.14. The first-order valence-electron chi connectivity index (χ1n) is 8.54. The van der Waals surface area contributed by atoms with Gasteiger partial charge in [-0.05, 0) is 25.5 Å². The van der Waals surface area contributed by atoms with Crippen LogP contribution in [0.4, 0.5) is 0 Å². The van der Waals surface area contributed by atoms with Crippen molar-refractivity contribution in [1.82, 2.24) is 15.1 Å². The van der Waals surface area contributed by atoms with Crippen LogP contribution in [0.1, 0.15) is 46.0 Å². The number of amides is 1. The van der Waals surface area contributed by atoms with Crippen LogP contribution in [-0.4, -0.2) is 21.7 Å². The Labute approximate surface area is 140 Å². The average Bonchev–Trinajstić information content (AvgIpc) is 2.56. The van der Waals surface area contributed by atoms with Crippen LogP contribution in [0.15, 0.2) is 33.9 Å². The van der Waals surface area contributed by atoms with Crippen molar-refractivity contribution in [2.24, 2.45) is 0 Å². The van der Waals surface area contributed by atoms with Crippen LogP contribution in [0.2, 0.25) is 0 Å². The van der Waals surface area contributed by atoms with E-state index in [1.807, 2.05) is 6.92 Å². The van der Waals surface area contributed by atoms with E-state index in [9.17, 15) is 14.4 Å². The van der Waals surface area contributed by atoms with E-state index in [4.69, 9.17) is 0 Å². The molecule has 0 aliphatic rings. The van der Waals surface area contributed by atoms with Gasteiger partial charge < -0.3 is 5.32 Å². The molecule has 2 rings (SSSR count). The van der Waals surface area contributed by atoms with Crippen LogP contribution >= 0.6 is 0 Å². The molecule has 130 valence electrons. The van der Waals surface area contributed by atoms with E-state index in [1.165, 1.54) is 12.8 Å². The minimum Gasteiger partial charge on any atom is -0.352 e. The topological polar surface area (TPSA) is 84.0 Å². The van der Waals surface area contributed by atoms with E-state index in [-0.39, 0.29) is 29.6 Å². The molecule has 24 heavy (non-hydrogen) atoms. The Kier molecular flexibility index (Phi) is 6.35. The molecular formula is C18H25N3O3. The SMILES string of the molecule is CCCCCCC(C)NC(=O)Cn1[nH]c(=O)c2ccccc2c1=O. The van der Waals surface area contributed by atoms with Crippen molar-refractivity contribution in [3.8, 4) is 0 Å². The van der Waals surface area contributed by atoms with Gasteiger partial charge >= 0.3 is 0 Å². The molecule has 1 heterocycles. The molecule has 0 radical (unpaired) electrons. The highest BCUT2D eigenvalue weighted by atomic mass is 16.2. The zero-order valence-electron chi connectivity index (χ0n) is 14.3. The summed E-state index contributed by atoms with van der Waals surface area (Å²) in [6, 6.07) is 6.65. The minimum atomic E-state index is -0.370. The van der Waals surface area contributed by atoms with Gasteiger partial charge in [-0.15, -0.1) is 0 Å².